The van der Waals surface area contributed by atoms with Crippen LogP contribution in [-0.4, -0.2) is 23.2 Å². The zero-order chi connectivity index (χ0) is 13.1. The number of rotatable bonds is 3. The second kappa shape index (κ2) is 5.40. The number of thioether (sulfide) groups is 1. The van der Waals surface area contributed by atoms with Crippen LogP contribution in [0.3, 0.4) is 0 Å². The number of hydrogen-bond acceptors (Lipinski definition) is 3. The number of para-hydroxylation sites is 1. The van der Waals surface area contributed by atoms with E-state index in [-0.39, 0.29) is 5.91 Å². The van der Waals surface area contributed by atoms with Crippen LogP contribution in [0.2, 0.25) is 0 Å². The van der Waals surface area contributed by atoms with Gasteiger partial charge >= 0.3 is 5.16 Å². The number of aromatic amines is 1. The molecule has 0 aliphatic carbocycles. The third-order valence-corrected chi connectivity index (χ3v) is 3.99. The minimum atomic E-state index is 0.133. The zero-order valence-corrected chi connectivity index (χ0v) is 11.2. The number of anilines is 1. The molecule has 1 aromatic carbocycles. The SMILES string of the molecule is O=C(CSc1nccc[nH+]1)N1CCc2ccccc21. The molecule has 0 fully saturated rings. The highest BCUT2D eigenvalue weighted by Gasteiger charge is 2.24. The van der Waals surface area contributed by atoms with Crippen LogP contribution in [0.25, 0.3) is 0 Å². The molecule has 3 rings (SSSR count). The smallest absolute Gasteiger partial charge is 0.311 e. The number of hydrogen-bond donors (Lipinski definition) is 0. The molecule has 1 amide bonds. The first-order valence-electron chi connectivity index (χ1n) is 6.18. The first kappa shape index (κ1) is 12.2. The monoisotopic (exact) mass is 272 g/mol. The lowest BCUT2D eigenvalue weighted by atomic mass is 10.2. The van der Waals surface area contributed by atoms with Crippen molar-refractivity contribution in [1.29, 1.82) is 0 Å². The van der Waals surface area contributed by atoms with E-state index in [1.807, 2.05) is 35.4 Å². The molecule has 19 heavy (non-hydrogen) atoms. The van der Waals surface area contributed by atoms with E-state index in [1.54, 1.807) is 6.20 Å². The number of nitrogens with zero attached hydrogens (tertiary/aromatic N) is 2. The predicted octanol–water partition coefficient (Wildman–Crippen LogP) is 1.58. The summed E-state index contributed by atoms with van der Waals surface area (Å²) in [5.74, 6) is 0.538. The molecule has 5 heteroatoms. The van der Waals surface area contributed by atoms with E-state index in [4.69, 9.17) is 0 Å². The van der Waals surface area contributed by atoms with Crippen molar-refractivity contribution in [1.82, 2.24) is 4.98 Å². The number of amides is 1. The van der Waals surface area contributed by atoms with Gasteiger partial charge < -0.3 is 4.90 Å². The second-order valence-electron chi connectivity index (χ2n) is 4.30. The van der Waals surface area contributed by atoms with E-state index >= 15 is 0 Å². The molecule has 2 heterocycles. The largest absolute Gasteiger partial charge is 0.357 e. The standard InChI is InChI=1S/C14H13N3OS/c18-13(10-19-14-15-7-3-8-16-14)17-9-6-11-4-1-2-5-12(11)17/h1-5,7-8H,6,9-10H2/p+1. The van der Waals surface area contributed by atoms with Gasteiger partial charge in [0, 0.05) is 18.3 Å². The highest BCUT2D eigenvalue weighted by Crippen LogP contribution is 2.28. The summed E-state index contributed by atoms with van der Waals surface area (Å²) in [5, 5.41) is 0.767. The summed E-state index contributed by atoms with van der Waals surface area (Å²) < 4.78 is 0. The minimum absolute atomic E-state index is 0.133. The van der Waals surface area contributed by atoms with E-state index in [2.05, 4.69) is 16.0 Å². The Bertz CT molecular complexity index is 588. The summed E-state index contributed by atoms with van der Waals surface area (Å²) in [6.07, 6.45) is 4.47. The van der Waals surface area contributed by atoms with Crippen molar-refractivity contribution in [3.63, 3.8) is 0 Å². The maximum Gasteiger partial charge on any atom is 0.357 e. The molecule has 1 aliphatic heterocycles. The molecule has 1 aliphatic rings. The Morgan fingerprint density at radius 3 is 3.11 bits per heavy atom. The van der Waals surface area contributed by atoms with Crippen LogP contribution >= 0.6 is 11.8 Å². The molecule has 0 unspecified atom stereocenters. The van der Waals surface area contributed by atoms with Crippen molar-refractivity contribution in [3.8, 4) is 0 Å². The van der Waals surface area contributed by atoms with E-state index < -0.39 is 0 Å². The second-order valence-corrected chi connectivity index (χ2v) is 5.26. The number of carbonyl (C=O) groups excluding carboxylic acids is 1. The Balaban J connectivity index is 1.66. The first-order chi connectivity index (χ1) is 9.34. The Morgan fingerprint density at radius 2 is 2.26 bits per heavy atom. The third-order valence-electron chi connectivity index (χ3n) is 3.10. The molecule has 0 radical (unpaired) electrons. The van der Waals surface area contributed by atoms with Crippen LogP contribution in [0.5, 0.6) is 0 Å². The van der Waals surface area contributed by atoms with E-state index in [9.17, 15) is 4.79 Å². The minimum Gasteiger partial charge on any atom is -0.311 e. The van der Waals surface area contributed by atoms with Crippen LogP contribution in [0, 0.1) is 0 Å². The molecular formula is C14H14N3OS+. The Morgan fingerprint density at radius 1 is 1.37 bits per heavy atom. The molecule has 1 aromatic heterocycles. The van der Waals surface area contributed by atoms with Gasteiger partial charge in [-0.15, -0.1) is 0 Å². The van der Waals surface area contributed by atoms with Crippen LogP contribution in [0.4, 0.5) is 5.69 Å². The van der Waals surface area contributed by atoms with Crippen molar-refractivity contribution in [2.75, 3.05) is 17.2 Å². The van der Waals surface area contributed by atoms with Gasteiger partial charge in [0.25, 0.3) is 0 Å². The fourth-order valence-electron chi connectivity index (χ4n) is 2.19. The molecule has 1 N–H and O–H groups in total. The van der Waals surface area contributed by atoms with Crippen molar-refractivity contribution < 1.29 is 9.78 Å². The summed E-state index contributed by atoms with van der Waals surface area (Å²) in [4.78, 5) is 21.3. The number of H-pyrrole nitrogens is 1. The van der Waals surface area contributed by atoms with Crippen LogP contribution in [0.1, 0.15) is 5.56 Å². The molecule has 0 atom stereocenters. The highest BCUT2D eigenvalue weighted by atomic mass is 32.2. The molecule has 4 nitrogen and oxygen atoms in total. The van der Waals surface area contributed by atoms with Crippen molar-refractivity contribution in [3.05, 3.63) is 48.3 Å². The van der Waals surface area contributed by atoms with Crippen LogP contribution in [0.15, 0.2) is 47.9 Å². The molecule has 0 saturated carbocycles. The lowest BCUT2D eigenvalue weighted by Gasteiger charge is -2.16. The maximum atomic E-state index is 12.2. The fourth-order valence-corrected chi connectivity index (χ4v) is 2.90. The van der Waals surface area contributed by atoms with Gasteiger partial charge in [-0.25, -0.2) is 4.98 Å². The average Bonchev–Trinajstić information content (AvgIpc) is 2.90. The number of nitrogens with one attached hydrogen (secondary N) is 1. The summed E-state index contributed by atoms with van der Waals surface area (Å²) in [5.41, 5.74) is 2.31. The summed E-state index contributed by atoms with van der Waals surface area (Å²) in [6.45, 7) is 0.782. The van der Waals surface area contributed by atoms with Gasteiger partial charge in [0.2, 0.25) is 5.91 Å². The predicted molar refractivity (Wildman–Crippen MR) is 74.0 cm³/mol. The molecule has 0 spiro atoms. The number of carbonyl (C=O) groups is 1. The lowest BCUT2D eigenvalue weighted by molar-refractivity contribution is -0.433. The van der Waals surface area contributed by atoms with Crippen molar-refractivity contribution in [2.45, 2.75) is 11.6 Å². The molecule has 2 aromatic rings. The van der Waals surface area contributed by atoms with Crippen molar-refractivity contribution >= 4 is 23.4 Å². The normalized spacial score (nSPS) is 13.4. The van der Waals surface area contributed by atoms with E-state index in [0.717, 1.165) is 23.8 Å². The quantitative estimate of drug-likeness (QED) is 0.629. The van der Waals surface area contributed by atoms with Gasteiger partial charge in [-0.1, -0.05) is 18.2 Å². The molecule has 96 valence electrons. The summed E-state index contributed by atoms with van der Waals surface area (Å²) >= 11 is 1.43. The summed E-state index contributed by atoms with van der Waals surface area (Å²) in [7, 11) is 0. The average molecular weight is 272 g/mol. The zero-order valence-electron chi connectivity index (χ0n) is 10.4. The van der Waals surface area contributed by atoms with Gasteiger partial charge in [0.15, 0.2) is 0 Å². The topological polar surface area (TPSA) is 47.3 Å². The first-order valence-corrected chi connectivity index (χ1v) is 7.17. The third kappa shape index (κ3) is 2.61. The molecule has 0 saturated heterocycles. The van der Waals surface area contributed by atoms with Crippen LogP contribution < -0.4 is 9.88 Å². The Labute approximate surface area is 115 Å². The maximum absolute atomic E-state index is 12.2. The Kier molecular flexibility index (Phi) is 3.46. The Hall–Kier alpha value is -1.88. The van der Waals surface area contributed by atoms with Gasteiger partial charge in [-0.05, 0) is 34.8 Å². The highest BCUT2D eigenvalue weighted by molar-refractivity contribution is 7.99. The van der Waals surface area contributed by atoms with E-state index in [0.29, 0.717) is 5.75 Å². The molecule has 0 bridgehead atoms. The number of benzene rings is 1. The number of fused-ring (bicyclic) bond motifs is 1. The lowest BCUT2D eigenvalue weighted by Crippen LogP contribution is -2.30. The fraction of sp³-hybridized carbons (Fsp3) is 0.214. The summed E-state index contributed by atoms with van der Waals surface area (Å²) in [6, 6.07) is 9.91. The van der Waals surface area contributed by atoms with Crippen molar-refractivity contribution in [2.24, 2.45) is 0 Å². The molecular weight excluding hydrogens is 258 g/mol. The van der Waals surface area contributed by atoms with Gasteiger partial charge in [0.05, 0.1) is 11.9 Å². The van der Waals surface area contributed by atoms with Gasteiger partial charge in [0.1, 0.15) is 6.20 Å². The van der Waals surface area contributed by atoms with Crippen LogP contribution in [-0.2, 0) is 11.2 Å². The number of aromatic nitrogens is 2. The van der Waals surface area contributed by atoms with Gasteiger partial charge in [-0.3, -0.25) is 4.79 Å². The van der Waals surface area contributed by atoms with Gasteiger partial charge in [-0.2, -0.15) is 0 Å². The van der Waals surface area contributed by atoms with E-state index in [1.165, 1.54) is 17.3 Å².